The van der Waals surface area contributed by atoms with Crippen molar-refractivity contribution in [3.8, 4) is 0 Å². The quantitative estimate of drug-likeness (QED) is 0.633. The van der Waals surface area contributed by atoms with Crippen LogP contribution in [0, 0.1) is 0 Å². The zero-order chi connectivity index (χ0) is 9.26. The lowest BCUT2D eigenvalue weighted by Crippen LogP contribution is -2.21. The third-order valence-electron chi connectivity index (χ3n) is 2.13. The van der Waals surface area contributed by atoms with Crippen LogP contribution in [0.5, 0.6) is 0 Å². The van der Waals surface area contributed by atoms with Gasteiger partial charge in [0.25, 0.3) is 0 Å². The van der Waals surface area contributed by atoms with Gasteiger partial charge in [0.1, 0.15) is 19.0 Å². The Morgan fingerprint density at radius 3 is 2.92 bits per heavy atom. The van der Waals surface area contributed by atoms with E-state index in [2.05, 4.69) is 0 Å². The van der Waals surface area contributed by atoms with E-state index in [0.29, 0.717) is 25.5 Å². The fourth-order valence-corrected chi connectivity index (χ4v) is 2.05. The van der Waals surface area contributed by atoms with E-state index in [1.54, 1.807) is 0 Å². The maximum Gasteiger partial charge on any atom is 0.157 e. The molecule has 0 N–H and O–H groups in total. The number of hydrogen-bond donors (Lipinski definition) is 0. The van der Waals surface area contributed by atoms with Crippen molar-refractivity contribution in [3.63, 3.8) is 0 Å². The highest BCUT2D eigenvalue weighted by Gasteiger charge is 2.25. The maximum atomic E-state index is 6.08. The van der Waals surface area contributed by atoms with E-state index < -0.39 is 0 Å². The van der Waals surface area contributed by atoms with E-state index in [0.717, 1.165) is 17.1 Å². The molecule has 0 aromatic carbocycles. The summed E-state index contributed by atoms with van der Waals surface area (Å²) in [6.45, 7) is 1.23. The SMILES string of the molecule is ClCC1=CC2=C(CC1Cl)OCCO2. The molecule has 0 radical (unpaired) electrons. The Morgan fingerprint density at radius 1 is 1.38 bits per heavy atom. The molecule has 2 aliphatic rings. The minimum Gasteiger partial charge on any atom is -0.490 e. The molecule has 2 rings (SSSR count). The third-order valence-corrected chi connectivity index (χ3v) is 2.87. The van der Waals surface area contributed by atoms with Gasteiger partial charge >= 0.3 is 0 Å². The molecule has 0 aromatic rings. The normalized spacial score (nSPS) is 27.2. The second kappa shape index (κ2) is 3.81. The fraction of sp³-hybridized carbons (Fsp3) is 0.556. The van der Waals surface area contributed by atoms with Gasteiger partial charge in [-0.1, -0.05) is 0 Å². The van der Waals surface area contributed by atoms with Crippen molar-refractivity contribution in [2.45, 2.75) is 11.8 Å². The molecule has 13 heavy (non-hydrogen) atoms. The van der Waals surface area contributed by atoms with Crippen LogP contribution in [0.3, 0.4) is 0 Å². The average molecular weight is 221 g/mol. The first-order valence-corrected chi connectivity index (χ1v) is 5.17. The zero-order valence-electron chi connectivity index (χ0n) is 7.06. The first-order chi connectivity index (χ1) is 6.31. The summed E-state index contributed by atoms with van der Waals surface area (Å²) in [4.78, 5) is 0. The zero-order valence-corrected chi connectivity index (χ0v) is 8.57. The Morgan fingerprint density at radius 2 is 2.15 bits per heavy atom. The van der Waals surface area contributed by atoms with Crippen LogP contribution in [-0.2, 0) is 9.47 Å². The van der Waals surface area contributed by atoms with Gasteiger partial charge in [0.05, 0.1) is 5.38 Å². The van der Waals surface area contributed by atoms with E-state index in [4.69, 9.17) is 32.7 Å². The third kappa shape index (κ3) is 1.79. The Labute approximate surface area is 87.1 Å². The molecule has 2 nitrogen and oxygen atoms in total. The number of halogens is 2. The van der Waals surface area contributed by atoms with Crippen LogP contribution in [-0.4, -0.2) is 24.5 Å². The van der Waals surface area contributed by atoms with Crippen LogP contribution in [0.2, 0.25) is 0 Å². The van der Waals surface area contributed by atoms with Gasteiger partial charge in [0.15, 0.2) is 5.76 Å². The van der Waals surface area contributed by atoms with Gasteiger partial charge in [-0.2, -0.15) is 0 Å². The van der Waals surface area contributed by atoms with Gasteiger partial charge < -0.3 is 9.47 Å². The predicted octanol–water partition coefficient (Wildman–Crippen LogP) is 2.42. The van der Waals surface area contributed by atoms with E-state index in [1.807, 2.05) is 6.08 Å². The summed E-state index contributed by atoms with van der Waals surface area (Å²) >= 11 is 11.8. The Hall–Kier alpha value is -0.340. The van der Waals surface area contributed by atoms with Crippen LogP contribution >= 0.6 is 23.2 Å². The summed E-state index contributed by atoms with van der Waals surface area (Å²) in [5, 5.41) is -0.0436. The minimum absolute atomic E-state index is 0.0436. The van der Waals surface area contributed by atoms with Gasteiger partial charge in [-0.25, -0.2) is 0 Å². The molecule has 1 aliphatic carbocycles. The molecule has 0 aromatic heterocycles. The average Bonchev–Trinajstić information content (AvgIpc) is 2.17. The summed E-state index contributed by atoms with van der Waals surface area (Å²) in [7, 11) is 0. The molecule has 0 saturated carbocycles. The monoisotopic (exact) mass is 220 g/mol. The highest BCUT2D eigenvalue weighted by Crippen LogP contribution is 2.31. The second-order valence-electron chi connectivity index (χ2n) is 3.01. The molecule has 0 bridgehead atoms. The van der Waals surface area contributed by atoms with Crippen molar-refractivity contribution in [2.24, 2.45) is 0 Å². The number of ether oxygens (including phenoxy) is 2. The Kier molecular flexibility index (Phi) is 2.70. The van der Waals surface area contributed by atoms with Crippen molar-refractivity contribution >= 4 is 23.2 Å². The molecule has 1 atom stereocenters. The Bertz CT molecular complexity index is 271. The predicted molar refractivity (Wildman–Crippen MR) is 52.0 cm³/mol. The number of alkyl halides is 2. The summed E-state index contributed by atoms with van der Waals surface area (Å²) in [6, 6.07) is 0. The van der Waals surface area contributed by atoms with Crippen LogP contribution in [0.4, 0.5) is 0 Å². The van der Waals surface area contributed by atoms with Crippen molar-refractivity contribution in [2.75, 3.05) is 19.1 Å². The van der Waals surface area contributed by atoms with Gasteiger partial charge in [-0.15, -0.1) is 23.2 Å². The van der Waals surface area contributed by atoms with Crippen LogP contribution < -0.4 is 0 Å². The topological polar surface area (TPSA) is 18.5 Å². The van der Waals surface area contributed by atoms with Crippen LogP contribution in [0.15, 0.2) is 23.2 Å². The highest BCUT2D eigenvalue weighted by atomic mass is 35.5. The molecule has 1 aliphatic heterocycles. The summed E-state index contributed by atoms with van der Waals surface area (Å²) < 4.78 is 10.9. The van der Waals surface area contributed by atoms with Crippen molar-refractivity contribution < 1.29 is 9.47 Å². The lowest BCUT2D eigenvalue weighted by molar-refractivity contribution is 0.0628. The number of rotatable bonds is 1. The van der Waals surface area contributed by atoms with E-state index >= 15 is 0 Å². The minimum atomic E-state index is -0.0436. The lowest BCUT2D eigenvalue weighted by Gasteiger charge is -2.26. The number of hydrogen-bond acceptors (Lipinski definition) is 2. The molecule has 72 valence electrons. The van der Waals surface area contributed by atoms with Crippen molar-refractivity contribution in [1.29, 1.82) is 0 Å². The largest absolute Gasteiger partial charge is 0.490 e. The smallest absolute Gasteiger partial charge is 0.157 e. The van der Waals surface area contributed by atoms with Crippen LogP contribution in [0.25, 0.3) is 0 Å². The Balaban J connectivity index is 2.24. The fourth-order valence-electron chi connectivity index (χ4n) is 1.42. The van der Waals surface area contributed by atoms with Gasteiger partial charge in [-0.3, -0.25) is 0 Å². The molecule has 1 unspecified atom stereocenters. The van der Waals surface area contributed by atoms with E-state index in [-0.39, 0.29) is 5.38 Å². The van der Waals surface area contributed by atoms with E-state index in [9.17, 15) is 0 Å². The molecule has 0 saturated heterocycles. The van der Waals surface area contributed by atoms with E-state index in [1.165, 1.54) is 0 Å². The summed E-state index contributed by atoms with van der Waals surface area (Å²) in [5.74, 6) is 2.12. The summed E-state index contributed by atoms with van der Waals surface area (Å²) in [5.41, 5.74) is 1.01. The van der Waals surface area contributed by atoms with Gasteiger partial charge in [0.2, 0.25) is 0 Å². The lowest BCUT2D eigenvalue weighted by atomic mass is 10.0. The van der Waals surface area contributed by atoms with Crippen molar-refractivity contribution in [1.82, 2.24) is 0 Å². The molecular weight excluding hydrogens is 211 g/mol. The highest BCUT2D eigenvalue weighted by molar-refractivity contribution is 6.25. The van der Waals surface area contributed by atoms with Crippen molar-refractivity contribution in [3.05, 3.63) is 23.2 Å². The summed E-state index contributed by atoms with van der Waals surface area (Å²) in [6.07, 6.45) is 2.58. The molecule has 1 heterocycles. The number of allylic oxidation sites excluding steroid dienone is 3. The first-order valence-electron chi connectivity index (χ1n) is 4.20. The molecule has 0 spiro atoms. The van der Waals surface area contributed by atoms with Crippen LogP contribution in [0.1, 0.15) is 6.42 Å². The molecular formula is C9H10Cl2O2. The first kappa shape index (κ1) is 9.22. The molecule has 0 fully saturated rings. The van der Waals surface area contributed by atoms with Gasteiger partial charge in [-0.05, 0) is 11.6 Å². The van der Waals surface area contributed by atoms with Gasteiger partial charge in [0, 0.05) is 12.3 Å². The molecule has 0 amide bonds. The maximum absolute atomic E-state index is 6.08. The second-order valence-corrected chi connectivity index (χ2v) is 3.80. The molecule has 4 heteroatoms. The standard InChI is InChI=1S/C9H10Cl2O2/c10-5-6-3-8-9(4-7(6)11)13-2-1-12-8/h3,7H,1-2,4-5H2.